The van der Waals surface area contributed by atoms with Crippen molar-refractivity contribution in [1.82, 2.24) is 0 Å². The lowest BCUT2D eigenvalue weighted by Gasteiger charge is -2.07. The monoisotopic (exact) mass is 344 g/mol. The third kappa shape index (κ3) is 4.64. The van der Waals surface area contributed by atoms with Crippen LogP contribution in [0, 0.1) is 0 Å². The van der Waals surface area contributed by atoms with E-state index in [0.717, 1.165) is 6.07 Å². The molecule has 25 heavy (non-hydrogen) atoms. The van der Waals surface area contributed by atoms with Crippen molar-refractivity contribution in [3.05, 3.63) is 70.8 Å². The zero-order valence-electron chi connectivity index (χ0n) is 12.7. The zero-order chi connectivity index (χ0) is 18.4. The van der Waals surface area contributed by atoms with Crippen LogP contribution in [0.2, 0.25) is 0 Å². The van der Waals surface area contributed by atoms with Gasteiger partial charge in [0.1, 0.15) is 0 Å². The molecule has 0 aliphatic heterocycles. The van der Waals surface area contributed by atoms with Crippen LogP contribution in [-0.4, -0.2) is 40.9 Å². The Morgan fingerprint density at radius 3 is 1.72 bits per heavy atom. The van der Waals surface area contributed by atoms with E-state index in [9.17, 15) is 19.2 Å². The van der Waals surface area contributed by atoms with E-state index < -0.39 is 30.7 Å². The number of carboxylic acids is 2. The maximum Gasteiger partial charge on any atom is 0.341 e. The average Bonchev–Trinajstić information content (AvgIpc) is 2.61. The molecule has 8 heteroatoms. The number of esters is 2. The van der Waals surface area contributed by atoms with Gasteiger partial charge in [-0.2, -0.15) is 0 Å². The third-order valence-corrected chi connectivity index (χ3v) is 3.09. The second-order valence-corrected chi connectivity index (χ2v) is 4.75. The number of ether oxygens (including phenoxy) is 2. The molecule has 0 aliphatic rings. The van der Waals surface area contributed by atoms with Crippen molar-refractivity contribution in [2.45, 2.75) is 0 Å². The van der Waals surface area contributed by atoms with Gasteiger partial charge < -0.3 is 19.7 Å². The van der Waals surface area contributed by atoms with Crippen molar-refractivity contribution in [1.29, 1.82) is 0 Å². The molecule has 0 saturated heterocycles. The standard InChI is InChI=1S/C17H12O8/c18-14(19)10-4-6-11(7-5-10)16(22)24-9-25-17(23)13-3-1-2-12(8-13)15(20)21/h1-8H,9H2,(H,18,19)(H,20,21). The number of carbonyl (C=O) groups is 4. The summed E-state index contributed by atoms with van der Waals surface area (Å²) >= 11 is 0. The fourth-order valence-electron chi connectivity index (χ4n) is 1.83. The Morgan fingerprint density at radius 2 is 1.16 bits per heavy atom. The van der Waals surface area contributed by atoms with Crippen LogP contribution in [-0.2, 0) is 9.47 Å². The molecule has 0 saturated carbocycles. The molecule has 0 fully saturated rings. The van der Waals surface area contributed by atoms with Crippen LogP contribution in [0.1, 0.15) is 41.4 Å². The van der Waals surface area contributed by atoms with E-state index in [1.54, 1.807) is 0 Å². The largest absolute Gasteiger partial charge is 0.478 e. The number of aromatic carboxylic acids is 2. The van der Waals surface area contributed by atoms with Crippen molar-refractivity contribution in [3.8, 4) is 0 Å². The molecule has 8 nitrogen and oxygen atoms in total. The molecule has 0 radical (unpaired) electrons. The minimum Gasteiger partial charge on any atom is -0.478 e. The molecule has 0 bridgehead atoms. The first-order chi connectivity index (χ1) is 11.9. The lowest BCUT2D eigenvalue weighted by molar-refractivity contribution is -0.0167. The van der Waals surface area contributed by atoms with Crippen LogP contribution in [0.4, 0.5) is 0 Å². The van der Waals surface area contributed by atoms with Gasteiger partial charge in [0.15, 0.2) is 0 Å². The van der Waals surface area contributed by atoms with Crippen LogP contribution in [0.15, 0.2) is 48.5 Å². The predicted molar refractivity (Wildman–Crippen MR) is 82.5 cm³/mol. The highest BCUT2D eigenvalue weighted by Gasteiger charge is 2.13. The highest BCUT2D eigenvalue weighted by molar-refractivity contribution is 5.95. The van der Waals surface area contributed by atoms with Gasteiger partial charge in [0.05, 0.1) is 22.3 Å². The van der Waals surface area contributed by atoms with Gasteiger partial charge in [-0.25, -0.2) is 19.2 Å². The highest BCUT2D eigenvalue weighted by atomic mass is 16.7. The molecular weight excluding hydrogens is 332 g/mol. The van der Waals surface area contributed by atoms with Crippen LogP contribution in [0.3, 0.4) is 0 Å². The minimum absolute atomic E-state index is 0.00163. The fourth-order valence-corrected chi connectivity index (χ4v) is 1.83. The summed E-state index contributed by atoms with van der Waals surface area (Å²) in [6.45, 7) is -0.671. The first kappa shape index (κ1) is 17.7. The minimum atomic E-state index is -1.19. The Bertz CT molecular complexity index is 823. The van der Waals surface area contributed by atoms with Crippen LogP contribution in [0.25, 0.3) is 0 Å². The summed E-state index contributed by atoms with van der Waals surface area (Å²) in [6.07, 6.45) is 0. The second kappa shape index (κ2) is 7.73. The first-order valence-corrected chi connectivity index (χ1v) is 6.89. The van der Waals surface area contributed by atoms with Gasteiger partial charge in [-0.05, 0) is 42.5 Å². The van der Waals surface area contributed by atoms with Gasteiger partial charge in [-0.3, -0.25) is 0 Å². The molecular formula is C17H12O8. The molecule has 0 atom stereocenters. The van der Waals surface area contributed by atoms with Crippen molar-refractivity contribution in [2.75, 3.05) is 6.79 Å². The molecule has 0 spiro atoms. The lowest BCUT2D eigenvalue weighted by atomic mass is 10.1. The van der Waals surface area contributed by atoms with Crippen LogP contribution >= 0.6 is 0 Å². The maximum atomic E-state index is 11.8. The third-order valence-electron chi connectivity index (χ3n) is 3.09. The number of carboxylic acid groups (broad SMARTS) is 2. The Kier molecular flexibility index (Phi) is 5.47. The molecule has 2 N–H and O–H groups in total. The quantitative estimate of drug-likeness (QED) is 0.602. The molecule has 0 unspecified atom stereocenters. The van der Waals surface area contributed by atoms with Crippen molar-refractivity contribution in [2.24, 2.45) is 0 Å². The number of carbonyl (C=O) groups excluding carboxylic acids is 2. The Morgan fingerprint density at radius 1 is 0.680 bits per heavy atom. The van der Waals surface area contributed by atoms with E-state index in [1.165, 1.54) is 42.5 Å². The highest BCUT2D eigenvalue weighted by Crippen LogP contribution is 2.09. The second-order valence-electron chi connectivity index (χ2n) is 4.75. The maximum absolute atomic E-state index is 11.8. The summed E-state index contributed by atoms with van der Waals surface area (Å²) in [5.74, 6) is -3.97. The summed E-state index contributed by atoms with van der Waals surface area (Å²) in [5, 5.41) is 17.6. The lowest BCUT2D eigenvalue weighted by Crippen LogP contribution is -2.13. The average molecular weight is 344 g/mol. The summed E-state index contributed by atoms with van der Waals surface area (Å²) in [4.78, 5) is 45.1. The number of hydrogen-bond donors (Lipinski definition) is 2. The van der Waals surface area contributed by atoms with Gasteiger partial charge in [0.25, 0.3) is 0 Å². The molecule has 0 aliphatic carbocycles. The summed E-state index contributed by atoms with van der Waals surface area (Å²) in [7, 11) is 0. The van der Waals surface area contributed by atoms with E-state index in [2.05, 4.69) is 0 Å². The first-order valence-electron chi connectivity index (χ1n) is 6.89. The van der Waals surface area contributed by atoms with E-state index in [-0.39, 0.29) is 22.3 Å². The van der Waals surface area contributed by atoms with Crippen LogP contribution < -0.4 is 0 Å². The summed E-state index contributed by atoms with van der Waals surface area (Å²) in [5.41, 5.74) is 0.0296. The molecule has 2 aromatic rings. The summed E-state index contributed by atoms with van der Waals surface area (Å²) in [6, 6.07) is 10.2. The zero-order valence-corrected chi connectivity index (χ0v) is 12.7. The van der Waals surface area contributed by atoms with Gasteiger partial charge in [-0.15, -0.1) is 0 Å². The molecule has 2 aromatic carbocycles. The van der Waals surface area contributed by atoms with Gasteiger partial charge in [-0.1, -0.05) is 6.07 Å². The SMILES string of the molecule is O=C(O)c1ccc(C(=O)OCOC(=O)c2cccc(C(=O)O)c2)cc1. The predicted octanol–water partition coefficient (Wildman–Crippen LogP) is 2.05. The molecule has 0 aromatic heterocycles. The Hall–Kier alpha value is -3.68. The van der Waals surface area contributed by atoms with Crippen molar-refractivity contribution < 1.29 is 38.9 Å². The fraction of sp³-hybridized carbons (Fsp3) is 0.0588. The summed E-state index contributed by atoms with van der Waals surface area (Å²) < 4.78 is 9.50. The van der Waals surface area contributed by atoms with E-state index in [4.69, 9.17) is 19.7 Å². The van der Waals surface area contributed by atoms with Gasteiger partial charge >= 0.3 is 23.9 Å². The number of benzene rings is 2. The molecule has 2 rings (SSSR count). The molecule has 128 valence electrons. The molecule has 0 amide bonds. The Balaban J connectivity index is 1.90. The van der Waals surface area contributed by atoms with Crippen molar-refractivity contribution >= 4 is 23.9 Å². The van der Waals surface area contributed by atoms with Crippen molar-refractivity contribution in [3.63, 3.8) is 0 Å². The Labute approximate surface area is 141 Å². The normalized spacial score (nSPS) is 9.92. The van der Waals surface area contributed by atoms with Gasteiger partial charge in [0.2, 0.25) is 6.79 Å². The topological polar surface area (TPSA) is 127 Å². The smallest absolute Gasteiger partial charge is 0.341 e. The van der Waals surface area contributed by atoms with Gasteiger partial charge in [0, 0.05) is 0 Å². The number of hydrogen-bond acceptors (Lipinski definition) is 6. The number of rotatable bonds is 6. The van der Waals surface area contributed by atoms with Crippen LogP contribution in [0.5, 0.6) is 0 Å². The van der Waals surface area contributed by atoms with E-state index in [0.29, 0.717) is 0 Å². The van der Waals surface area contributed by atoms with E-state index >= 15 is 0 Å². The van der Waals surface area contributed by atoms with E-state index in [1.807, 2.05) is 0 Å². The molecule has 0 heterocycles.